The summed E-state index contributed by atoms with van der Waals surface area (Å²) in [6, 6.07) is 4.68. The molecular weight excluding hydrogens is 245 g/mol. The first-order valence-electron chi connectivity index (χ1n) is 6.41. The van der Waals surface area contributed by atoms with Gasteiger partial charge in [-0.25, -0.2) is 4.39 Å². The third-order valence-electron chi connectivity index (χ3n) is 3.43. The number of fused-ring (bicyclic) bond motifs is 1. The van der Waals surface area contributed by atoms with Gasteiger partial charge in [-0.05, 0) is 24.7 Å². The number of methoxy groups -OCH3 is 1. The number of hydrogen-bond donors (Lipinski definition) is 1. The van der Waals surface area contributed by atoms with E-state index in [-0.39, 0.29) is 5.82 Å². The van der Waals surface area contributed by atoms with Crippen LogP contribution in [0.2, 0.25) is 0 Å². The van der Waals surface area contributed by atoms with E-state index in [9.17, 15) is 4.39 Å². The summed E-state index contributed by atoms with van der Waals surface area (Å²) < 4.78 is 18.2. The van der Waals surface area contributed by atoms with Crippen molar-refractivity contribution in [3.8, 4) is 0 Å². The van der Waals surface area contributed by atoms with E-state index >= 15 is 0 Å². The number of nitrogens with one attached hydrogen (secondary N) is 1. The lowest BCUT2D eigenvalue weighted by atomic mass is 10.1. The Hall–Kier alpha value is -1.46. The van der Waals surface area contributed by atoms with Gasteiger partial charge < -0.3 is 14.5 Å². The molecule has 0 radical (unpaired) electrons. The van der Waals surface area contributed by atoms with Crippen LogP contribution in [0, 0.1) is 11.2 Å². The van der Waals surface area contributed by atoms with Crippen molar-refractivity contribution >= 4 is 5.84 Å². The van der Waals surface area contributed by atoms with Gasteiger partial charge in [-0.2, -0.15) is 0 Å². The smallest absolute Gasteiger partial charge is 0.128 e. The van der Waals surface area contributed by atoms with Crippen molar-refractivity contribution < 1.29 is 9.13 Å². The average molecular weight is 265 g/mol. The molecule has 1 heterocycles. The van der Waals surface area contributed by atoms with Crippen LogP contribution in [0.3, 0.4) is 0 Å². The first-order chi connectivity index (χ1) is 9.11. The molecule has 0 saturated carbocycles. The van der Waals surface area contributed by atoms with E-state index in [1.807, 2.05) is 11.9 Å². The minimum absolute atomic E-state index is 0.275. The van der Waals surface area contributed by atoms with Crippen molar-refractivity contribution in [2.24, 2.45) is 0 Å². The maximum Gasteiger partial charge on any atom is 0.128 e. The SMILES string of the molecule is COCCN(C)CCN1Cc2ccc(F)cc2C1=N. The van der Waals surface area contributed by atoms with Crippen molar-refractivity contribution in [3.63, 3.8) is 0 Å². The molecule has 0 fully saturated rings. The third kappa shape index (κ3) is 3.30. The third-order valence-corrected chi connectivity index (χ3v) is 3.43. The molecule has 0 saturated heterocycles. The predicted octanol–water partition coefficient (Wildman–Crippen LogP) is 1.54. The fourth-order valence-corrected chi connectivity index (χ4v) is 2.20. The molecule has 1 aromatic rings. The Morgan fingerprint density at radius 3 is 2.95 bits per heavy atom. The van der Waals surface area contributed by atoms with Crippen LogP contribution >= 0.6 is 0 Å². The first-order valence-corrected chi connectivity index (χ1v) is 6.41. The Balaban J connectivity index is 1.90. The molecule has 0 atom stereocenters. The summed E-state index contributed by atoms with van der Waals surface area (Å²) in [7, 11) is 3.72. The van der Waals surface area contributed by atoms with Gasteiger partial charge in [0.2, 0.25) is 0 Å². The predicted molar refractivity (Wildman–Crippen MR) is 73.0 cm³/mol. The van der Waals surface area contributed by atoms with Crippen LogP contribution in [0.4, 0.5) is 4.39 Å². The van der Waals surface area contributed by atoms with E-state index < -0.39 is 0 Å². The molecule has 1 aliphatic heterocycles. The molecule has 2 rings (SSSR count). The number of likely N-dealkylation sites (N-methyl/N-ethyl adjacent to an activating group) is 1. The van der Waals surface area contributed by atoms with Gasteiger partial charge in [0.15, 0.2) is 0 Å². The minimum Gasteiger partial charge on any atom is -0.383 e. The topological polar surface area (TPSA) is 39.6 Å². The molecule has 0 aliphatic carbocycles. The van der Waals surface area contributed by atoms with Gasteiger partial charge in [-0.1, -0.05) is 6.07 Å². The van der Waals surface area contributed by atoms with Gasteiger partial charge >= 0.3 is 0 Å². The highest BCUT2D eigenvalue weighted by molar-refractivity contribution is 6.00. The highest BCUT2D eigenvalue weighted by atomic mass is 19.1. The van der Waals surface area contributed by atoms with Gasteiger partial charge in [-0.3, -0.25) is 5.41 Å². The Kier molecular flexibility index (Phi) is 4.50. The van der Waals surface area contributed by atoms with E-state index in [0.29, 0.717) is 19.0 Å². The molecule has 1 aliphatic rings. The molecule has 0 aromatic heterocycles. The van der Waals surface area contributed by atoms with Crippen molar-refractivity contribution in [2.45, 2.75) is 6.54 Å². The molecule has 104 valence electrons. The Labute approximate surface area is 113 Å². The summed E-state index contributed by atoms with van der Waals surface area (Å²) in [6.45, 7) is 3.92. The molecule has 0 amide bonds. The van der Waals surface area contributed by atoms with E-state index in [1.165, 1.54) is 12.1 Å². The Morgan fingerprint density at radius 2 is 2.21 bits per heavy atom. The van der Waals surface area contributed by atoms with Gasteiger partial charge in [0.05, 0.1) is 6.61 Å². The van der Waals surface area contributed by atoms with Gasteiger partial charge in [0, 0.05) is 38.9 Å². The Morgan fingerprint density at radius 1 is 1.42 bits per heavy atom. The number of halogens is 1. The number of ether oxygens (including phenoxy) is 1. The highest BCUT2D eigenvalue weighted by Gasteiger charge is 2.24. The molecule has 5 heteroatoms. The largest absolute Gasteiger partial charge is 0.383 e. The lowest BCUT2D eigenvalue weighted by Gasteiger charge is -2.22. The second kappa shape index (κ2) is 6.12. The van der Waals surface area contributed by atoms with Gasteiger partial charge in [0.25, 0.3) is 0 Å². The normalized spacial score (nSPS) is 14.3. The molecule has 0 spiro atoms. The number of benzene rings is 1. The fraction of sp³-hybridized carbons (Fsp3) is 0.500. The number of hydrogen-bond acceptors (Lipinski definition) is 3. The van der Waals surface area contributed by atoms with E-state index in [2.05, 4.69) is 4.90 Å². The summed E-state index contributed by atoms with van der Waals surface area (Å²) >= 11 is 0. The standard InChI is InChI=1S/C14H20FN3O/c1-17(7-8-19-2)5-6-18-10-11-3-4-12(15)9-13(11)14(18)16/h3-4,9,16H,5-8,10H2,1-2H3. The summed E-state index contributed by atoms with van der Waals surface area (Å²) in [5.41, 5.74) is 1.76. The van der Waals surface area contributed by atoms with Crippen LogP contribution in [-0.4, -0.2) is 56.0 Å². The molecular formula is C14H20FN3O. The van der Waals surface area contributed by atoms with E-state index in [0.717, 1.165) is 30.8 Å². The first kappa shape index (κ1) is 14.0. The van der Waals surface area contributed by atoms with E-state index in [4.69, 9.17) is 10.1 Å². The summed E-state index contributed by atoms with van der Waals surface area (Å²) in [5, 5.41) is 8.08. The summed E-state index contributed by atoms with van der Waals surface area (Å²) in [4.78, 5) is 4.15. The van der Waals surface area contributed by atoms with Crippen LogP contribution in [-0.2, 0) is 11.3 Å². The molecule has 4 nitrogen and oxygen atoms in total. The zero-order valence-electron chi connectivity index (χ0n) is 11.4. The minimum atomic E-state index is -0.275. The van der Waals surface area contributed by atoms with Crippen molar-refractivity contribution in [2.75, 3.05) is 40.4 Å². The summed E-state index contributed by atoms with van der Waals surface area (Å²) in [6.07, 6.45) is 0. The second-order valence-corrected chi connectivity index (χ2v) is 4.87. The molecule has 19 heavy (non-hydrogen) atoms. The molecule has 0 bridgehead atoms. The monoisotopic (exact) mass is 265 g/mol. The summed E-state index contributed by atoms with van der Waals surface area (Å²) in [5.74, 6) is 0.150. The molecule has 1 N–H and O–H groups in total. The van der Waals surface area contributed by atoms with Crippen LogP contribution in [0.15, 0.2) is 18.2 Å². The molecule has 0 unspecified atom stereocenters. The molecule has 1 aromatic carbocycles. The quantitative estimate of drug-likeness (QED) is 0.848. The number of amidine groups is 1. The van der Waals surface area contributed by atoms with Crippen molar-refractivity contribution in [1.29, 1.82) is 5.41 Å². The van der Waals surface area contributed by atoms with Crippen LogP contribution < -0.4 is 0 Å². The average Bonchev–Trinajstić information content (AvgIpc) is 2.71. The fourth-order valence-electron chi connectivity index (χ4n) is 2.20. The zero-order valence-corrected chi connectivity index (χ0v) is 11.4. The van der Waals surface area contributed by atoms with E-state index in [1.54, 1.807) is 13.2 Å². The van der Waals surface area contributed by atoms with Crippen LogP contribution in [0.25, 0.3) is 0 Å². The van der Waals surface area contributed by atoms with Gasteiger partial charge in [0.1, 0.15) is 11.7 Å². The lowest BCUT2D eigenvalue weighted by molar-refractivity contribution is 0.157. The number of nitrogens with zero attached hydrogens (tertiary/aromatic N) is 2. The van der Waals surface area contributed by atoms with Crippen LogP contribution in [0.1, 0.15) is 11.1 Å². The van der Waals surface area contributed by atoms with Crippen molar-refractivity contribution in [3.05, 3.63) is 35.1 Å². The zero-order chi connectivity index (χ0) is 13.8. The van der Waals surface area contributed by atoms with Crippen LogP contribution in [0.5, 0.6) is 0 Å². The Bertz CT molecular complexity index is 464. The maximum absolute atomic E-state index is 13.2. The number of rotatable bonds is 6. The van der Waals surface area contributed by atoms with Crippen molar-refractivity contribution in [1.82, 2.24) is 9.80 Å². The maximum atomic E-state index is 13.2. The lowest BCUT2D eigenvalue weighted by Crippen LogP contribution is -2.34. The van der Waals surface area contributed by atoms with Gasteiger partial charge in [-0.15, -0.1) is 0 Å². The highest BCUT2D eigenvalue weighted by Crippen LogP contribution is 2.23. The second-order valence-electron chi connectivity index (χ2n) is 4.87.